The number of tetrazole rings is 1. The number of anilines is 1. The summed E-state index contributed by atoms with van der Waals surface area (Å²) in [6.45, 7) is 1.79. The second-order valence-electron chi connectivity index (χ2n) is 3.29. The summed E-state index contributed by atoms with van der Waals surface area (Å²) in [5.74, 6) is -0.150. The Kier molecular flexibility index (Phi) is 3.25. The number of nitrogens with zero attached hydrogens (tertiary/aromatic N) is 4. The summed E-state index contributed by atoms with van der Waals surface area (Å²) in [5.41, 5.74) is 1.56. The Bertz CT molecular complexity index is 515. The number of carbonyl (C=O) groups excluding carboxylic acids is 1. The van der Waals surface area contributed by atoms with Gasteiger partial charge in [0.25, 0.3) is 0 Å². The molecule has 0 saturated heterocycles. The number of aromatic nitrogens is 4. The Morgan fingerprint density at radius 1 is 1.35 bits per heavy atom. The van der Waals surface area contributed by atoms with Crippen LogP contribution in [0.2, 0.25) is 0 Å². The van der Waals surface area contributed by atoms with Gasteiger partial charge in [0.15, 0.2) is 0 Å². The minimum absolute atomic E-state index is 0.150. The SMILES string of the molecule is C/C=C/C(=O)Nc1ccc(-n2cnnn2)cc1. The van der Waals surface area contributed by atoms with Gasteiger partial charge in [0, 0.05) is 5.69 Å². The predicted octanol–water partition coefficient (Wildman–Crippen LogP) is 1.18. The molecule has 1 aromatic heterocycles. The van der Waals surface area contributed by atoms with Gasteiger partial charge in [0.2, 0.25) is 5.91 Å². The zero-order valence-corrected chi connectivity index (χ0v) is 9.24. The van der Waals surface area contributed by atoms with Crippen LogP contribution in [0.25, 0.3) is 5.69 Å². The number of rotatable bonds is 3. The molecule has 0 aliphatic rings. The summed E-state index contributed by atoms with van der Waals surface area (Å²) >= 11 is 0. The van der Waals surface area contributed by atoms with Gasteiger partial charge in [-0.3, -0.25) is 4.79 Å². The summed E-state index contributed by atoms with van der Waals surface area (Å²) in [6, 6.07) is 7.22. The number of hydrogen-bond donors (Lipinski definition) is 1. The van der Waals surface area contributed by atoms with Crippen LogP contribution in [0.4, 0.5) is 5.69 Å². The van der Waals surface area contributed by atoms with Crippen LogP contribution in [0.5, 0.6) is 0 Å². The normalized spacial score (nSPS) is 10.6. The number of amides is 1. The third-order valence-electron chi connectivity index (χ3n) is 2.07. The smallest absolute Gasteiger partial charge is 0.248 e. The van der Waals surface area contributed by atoms with Crippen molar-refractivity contribution in [3.05, 3.63) is 42.7 Å². The lowest BCUT2D eigenvalue weighted by atomic mass is 10.3. The predicted molar refractivity (Wildman–Crippen MR) is 62.6 cm³/mol. The molecular formula is C11H11N5O. The maximum atomic E-state index is 11.3. The molecule has 2 rings (SSSR count). The van der Waals surface area contributed by atoms with Crippen molar-refractivity contribution in [3.63, 3.8) is 0 Å². The van der Waals surface area contributed by atoms with Crippen LogP contribution in [-0.2, 0) is 4.79 Å². The van der Waals surface area contributed by atoms with E-state index >= 15 is 0 Å². The third kappa shape index (κ3) is 2.75. The average molecular weight is 229 g/mol. The van der Waals surface area contributed by atoms with Crippen LogP contribution in [0.15, 0.2) is 42.7 Å². The zero-order valence-electron chi connectivity index (χ0n) is 9.24. The number of allylic oxidation sites excluding steroid dienone is 1. The molecule has 2 aromatic rings. The molecule has 1 heterocycles. The van der Waals surface area contributed by atoms with Crippen molar-refractivity contribution in [1.82, 2.24) is 20.2 Å². The molecule has 86 valence electrons. The average Bonchev–Trinajstić information content (AvgIpc) is 2.84. The molecule has 0 unspecified atom stereocenters. The van der Waals surface area contributed by atoms with E-state index in [2.05, 4.69) is 20.8 Å². The van der Waals surface area contributed by atoms with Gasteiger partial charge >= 0.3 is 0 Å². The van der Waals surface area contributed by atoms with E-state index in [4.69, 9.17) is 0 Å². The maximum absolute atomic E-state index is 11.3. The minimum atomic E-state index is -0.150. The summed E-state index contributed by atoms with van der Waals surface area (Å²) in [6.07, 6.45) is 4.66. The van der Waals surface area contributed by atoms with Crippen molar-refractivity contribution in [1.29, 1.82) is 0 Å². The van der Waals surface area contributed by atoms with Crippen molar-refractivity contribution >= 4 is 11.6 Å². The molecule has 0 bridgehead atoms. The fourth-order valence-electron chi connectivity index (χ4n) is 1.31. The monoisotopic (exact) mass is 229 g/mol. The second kappa shape index (κ2) is 5.02. The Morgan fingerprint density at radius 3 is 2.71 bits per heavy atom. The number of hydrogen-bond acceptors (Lipinski definition) is 4. The van der Waals surface area contributed by atoms with E-state index in [-0.39, 0.29) is 5.91 Å². The standard InChI is InChI=1S/C11H11N5O/c1-2-3-11(17)13-9-4-6-10(7-5-9)16-8-12-14-15-16/h2-8H,1H3,(H,13,17)/b3-2+. The van der Waals surface area contributed by atoms with E-state index in [0.29, 0.717) is 0 Å². The maximum Gasteiger partial charge on any atom is 0.248 e. The summed E-state index contributed by atoms with van der Waals surface area (Å²) in [7, 11) is 0. The number of nitrogens with one attached hydrogen (secondary N) is 1. The molecule has 0 atom stereocenters. The lowest BCUT2D eigenvalue weighted by Crippen LogP contribution is -2.07. The molecule has 0 spiro atoms. The Labute approximate surface area is 98.0 Å². The molecule has 1 N–H and O–H groups in total. The van der Waals surface area contributed by atoms with Crippen molar-refractivity contribution in [2.24, 2.45) is 0 Å². The Balaban J connectivity index is 2.11. The third-order valence-corrected chi connectivity index (χ3v) is 2.07. The molecule has 0 aliphatic heterocycles. The van der Waals surface area contributed by atoms with Crippen LogP contribution in [0.3, 0.4) is 0 Å². The van der Waals surface area contributed by atoms with E-state index in [0.717, 1.165) is 11.4 Å². The highest BCUT2D eigenvalue weighted by Gasteiger charge is 1.99. The number of carbonyl (C=O) groups is 1. The molecule has 0 saturated carbocycles. The first-order valence-corrected chi connectivity index (χ1v) is 5.06. The highest BCUT2D eigenvalue weighted by Crippen LogP contribution is 2.11. The first-order chi connectivity index (χ1) is 8.29. The molecule has 1 amide bonds. The molecule has 0 fully saturated rings. The van der Waals surface area contributed by atoms with Gasteiger partial charge in [-0.2, -0.15) is 0 Å². The highest BCUT2D eigenvalue weighted by molar-refractivity contribution is 5.99. The zero-order chi connectivity index (χ0) is 12.1. The molecule has 1 aromatic carbocycles. The quantitative estimate of drug-likeness (QED) is 0.802. The topological polar surface area (TPSA) is 72.7 Å². The Hall–Kier alpha value is -2.50. The molecule has 0 radical (unpaired) electrons. The summed E-state index contributed by atoms with van der Waals surface area (Å²) in [4.78, 5) is 11.3. The van der Waals surface area contributed by atoms with Crippen molar-refractivity contribution in [2.45, 2.75) is 6.92 Å². The van der Waals surface area contributed by atoms with Crippen molar-refractivity contribution in [3.8, 4) is 5.69 Å². The first kappa shape index (κ1) is 11.0. The van der Waals surface area contributed by atoms with Crippen molar-refractivity contribution in [2.75, 3.05) is 5.32 Å². The van der Waals surface area contributed by atoms with E-state index in [9.17, 15) is 4.79 Å². The lowest BCUT2D eigenvalue weighted by molar-refractivity contribution is -0.111. The largest absolute Gasteiger partial charge is 0.323 e. The van der Waals surface area contributed by atoms with Crippen LogP contribution < -0.4 is 5.32 Å². The van der Waals surface area contributed by atoms with Crippen LogP contribution in [0, 0.1) is 0 Å². The summed E-state index contributed by atoms with van der Waals surface area (Å²) in [5, 5.41) is 13.6. The Morgan fingerprint density at radius 2 is 2.12 bits per heavy atom. The van der Waals surface area contributed by atoms with E-state index < -0.39 is 0 Å². The van der Waals surface area contributed by atoms with E-state index in [1.54, 1.807) is 25.1 Å². The van der Waals surface area contributed by atoms with Gasteiger partial charge in [0.1, 0.15) is 6.33 Å². The molecule has 0 aliphatic carbocycles. The minimum Gasteiger partial charge on any atom is -0.323 e. The molecule has 6 nitrogen and oxygen atoms in total. The second-order valence-corrected chi connectivity index (χ2v) is 3.29. The first-order valence-electron chi connectivity index (χ1n) is 5.06. The van der Waals surface area contributed by atoms with Gasteiger partial charge in [0.05, 0.1) is 5.69 Å². The van der Waals surface area contributed by atoms with Gasteiger partial charge in [-0.05, 0) is 47.7 Å². The van der Waals surface area contributed by atoms with Crippen LogP contribution in [-0.4, -0.2) is 26.1 Å². The van der Waals surface area contributed by atoms with Gasteiger partial charge < -0.3 is 5.32 Å². The molecular weight excluding hydrogens is 218 g/mol. The summed E-state index contributed by atoms with van der Waals surface area (Å²) < 4.78 is 1.54. The van der Waals surface area contributed by atoms with Gasteiger partial charge in [-0.1, -0.05) is 6.08 Å². The number of benzene rings is 1. The highest BCUT2D eigenvalue weighted by atomic mass is 16.1. The van der Waals surface area contributed by atoms with Crippen LogP contribution >= 0.6 is 0 Å². The van der Waals surface area contributed by atoms with E-state index in [1.807, 2.05) is 12.1 Å². The van der Waals surface area contributed by atoms with E-state index in [1.165, 1.54) is 17.1 Å². The fourth-order valence-corrected chi connectivity index (χ4v) is 1.31. The van der Waals surface area contributed by atoms with Gasteiger partial charge in [-0.15, -0.1) is 5.10 Å². The fraction of sp³-hybridized carbons (Fsp3) is 0.0909. The van der Waals surface area contributed by atoms with Crippen molar-refractivity contribution < 1.29 is 4.79 Å². The molecule has 17 heavy (non-hydrogen) atoms. The van der Waals surface area contributed by atoms with Crippen LogP contribution in [0.1, 0.15) is 6.92 Å². The van der Waals surface area contributed by atoms with Gasteiger partial charge in [-0.25, -0.2) is 4.68 Å². The molecule has 6 heteroatoms. The lowest BCUT2D eigenvalue weighted by Gasteiger charge is -2.03.